The van der Waals surface area contributed by atoms with E-state index < -0.39 is 5.91 Å². The molecule has 0 heterocycles. The van der Waals surface area contributed by atoms with Crippen LogP contribution in [-0.2, 0) is 0 Å². The number of methoxy groups -OCH3 is 1. The van der Waals surface area contributed by atoms with Gasteiger partial charge in [0.05, 0.1) is 29.3 Å². The Hall–Kier alpha value is -2.44. The zero-order chi connectivity index (χ0) is 21.7. The molecule has 0 saturated carbocycles. The highest BCUT2D eigenvalue weighted by atomic mass is 35.5. The van der Waals surface area contributed by atoms with Gasteiger partial charge in [-0.3, -0.25) is 9.59 Å². The van der Waals surface area contributed by atoms with Crippen LogP contribution in [0.15, 0.2) is 30.3 Å². The Bertz CT molecular complexity index is 914. The van der Waals surface area contributed by atoms with Gasteiger partial charge in [-0.15, -0.1) is 0 Å². The fraction of sp³-hybridized carbons (Fsp3) is 0.333. The number of halogens is 2. The molecule has 8 heteroatoms. The second-order valence-corrected chi connectivity index (χ2v) is 7.86. The molecule has 2 amide bonds. The average molecular weight is 439 g/mol. The molecule has 0 aliphatic rings. The summed E-state index contributed by atoms with van der Waals surface area (Å²) in [6.07, 6.45) is 0. The first kappa shape index (κ1) is 22.8. The summed E-state index contributed by atoms with van der Waals surface area (Å²) >= 11 is 12.4. The number of hydrogen-bond acceptors (Lipinski definition) is 4. The van der Waals surface area contributed by atoms with Gasteiger partial charge in [-0.05, 0) is 36.2 Å². The van der Waals surface area contributed by atoms with Gasteiger partial charge in [0.15, 0.2) is 11.5 Å². The van der Waals surface area contributed by atoms with E-state index in [9.17, 15) is 9.59 Å². The molecule has 0 saturated heterocycles. The number of hydrogen-bond donors (Lipinski definition) is 1. The predicted octanol–water partition coefficient (Wildman–Crippen LogP) is 4.99. The van der Waals surface area contributed by atoms with E-state index in [1.54, 1.807) is 32.3 Å². The number of rotatable bonds is 7. The van der Waals surface area contributed by atoms with E-state index in [1.807, 2.05) is 13.8 Å². The molecule has 1 N–H and O–H groups in total. The summed E-state index contributed by atoms with van der Waals surface area (Å²) in [6, 6.07) is 7.77. The van der Waals surface area contributed by atoms with Crippen molar-refractivity contribution in [2.45, 2.75) is 13.8 Å². The number of ether oxygens (including phenoxy) is 2. The van der Waals surface area contributed by atoms with Crippen LogP contribution in [0.5, 0.6) is 11.5 Å². The number of nitrogens with zero attached hydrogens (tertiary/aromatic N) is 1. The maximum atomic E-state index is 12.7. The van der Waals surface area contributed by atoms with Gasteiger partial charge in [0.1, 0.15) is 0 Å². The highest BCUT2D eigenvalue weighted by Gasteiger charge is 2.18. The normalized spacial score (nSPS) is 10.6. The Kier molecular flexibility index (Phi) is 7.76. The maximum absolute atomic E-state index is 12.7. The molecular weight excluding hydrogens is 415 g/mol. The molecule has 29 heavy (non-hydrogen) atoms. The number of anilines is 1. The topological polar surface area (TPSA) is 67.9 Å². The Labute approximate surface area is 180 Å². The van der Waals surface area contributed by atoms with Crippen LogP contribution in [0.2, 0.25) is 10.0 Å². The van der Waals surface area contributed by atoms with Crippen LogP contribution >= 0.6 is 23.2 Å². The quantitative estimate of drug-likeness (QED) is 0.660. The third kappa shape index (κ3) is 5.78. The first-order valence-corrected chi connectivity index (χ1v) is 9.72. The van der Waals surface area contributed by atoms with Crippen LogP contribution in [0, 0.1) is 5.92 Å². The van der Waals surface area contributed by atoms with Crippen molar-refractivity contribution in [3.63, 3.8) is 0 Å². The molecule has 0 aromatic heterocycles. The molecule has 2 rings (SSSR count). The monoisotopic (exact) mass is 438 g/mol. The second kappa shape index (κ2) is 9.85. The number of nitrogens with one attached hydrogen (secondary N) is 1. The summed E-state index contributed by atoms with van der Waals surface area (Å²) in [5, 5.41) is 3.32. The fourth-order valence-corrected chi connectivity index (χ4v) is 2.92. The standard InChI is InChI=1S/C21H24Cl2N2O4/c1-12(2)11-29-19-17(23)8-13(9-18(19)28-5)20(26)24-14-6-7-16(22)15(10-14)21(27)25(3)4/h6-10,12H,11H2,1-5H3,(H,24,26). The molecule has 156 valence electrons. The van der Waals surface area contributed by atoms with Crippen LogP contribution in [0.4, 0.5) is 5.69 Å². The van der Waals surface area contributed by atoms with Crippen LogP contribution in [-0.4, -0.2) is 44.5 Å². The minimum atomic E-state index is -0.411. The van der Waals surface area contributed by atoms with Crippen molar-refractivity contribution in [2.75, 3.05) is 33.1 Å². The van der Waals surface area contributed by atoms with Gasteiger partial charge < -0.3 is 19.7 Å². The fourth-order valence-electron chi connectivity index (χ4n) is 2.45. The molecule has 2 aromatic carbocycles. The van der Waals surface area contributed by atoms with E-state index in [0.717, 1.165) is 0 Å². The van der Waals surface area contributed by atoms with Crippen molar-refractivity contribution in [1.82, 2.24) is 4.90 Å². The molecule has 0 unspecified atom stereocenters. The molecule has 0 aliphatic heterocycles. The Morgan fingerprint density at radius 1 is 1.10 bits per heavy atom. The Morgan fingerprint density at radius 2 is 1.79 bits per heavy atom. The Balaban J connectivity index is 2.28. The van der Waals surface area contributed by atoms with Gasteiger partial charge in [-0.25, -0.2) is 0 Å². The van der Waals surface area contributed by atoms with Gasteiger partial charge in [0.25, 0.3) is 11.8 Å². The second-order valence-electron chi connectivity index (χ2n) is 7.04. The maximum Gasteiger partial charge on any atom is 0.255 e. The van der Waals surface area contributed by atoms with Crippen molar-refractivity contribution >= 4 is 40.7 Å². The highest BCUT2D eigenvalue weighted by molar-refractivity contribution is 6.34. The van der Waals surface area contributed by atoms with E-state index in [1.165, 1.54) is 24.1 Å². The highest BCUT2D eigenvalue weighted by Crippen LogP contribution is 2.37. The van der Waals surface area contributed by atoms with Gasteiger partial charge in [-0.1, -0.05) is 37.0 Å². The zero-order valence-electron chi connectivity index (χ0n) is 17.0. The van der Waals surface area contributed by atoms with E-state index in [0.29, 0.717) is 45.9 Å². The minimum absolute atomic E-state index is 0.262. The third-order valence-corrected chi connectivity index (χ3v) is 4.52. The van der Waals surface area contributed by atoms with Crippen LogP contribution in [0.1, 0.15) is 34.6 Å². The SMILES string of the molecule is COc1cc(C(=O)Nc2ccc(Cl)c(C(=O)N(C)C)c2)cc(Cl)c1OCC(C)C. The molecule has 0 atom stereocenters. The Morgan fingerprint density at radius 3 is 2.38 bits per heavy atom. The van der Waals surface area contributed by atoms with Crippen molar-refractivity contribution in [3.8, 4) is 11.5 Å². The molecule has 0 aliphatic carbocycles. The van der Waals surface area contributed by atoms with Gasteiger partial charge >= 0.3 is 0 Å². The van der Waals surface area contributed by atoms with Gasteiger partial charge in [0.2, 0.25) is 0 Å². The van der Waals surface area contributed by atoms with Crippen LogP contribution in [0.3, 0.4) is 0 Å². The first-order valence-electron chi connectivity index (χ1n) is 8.97. The average Bonchev–Trinajstić information content (AvgIpc) is 2.66. The lowest BCUT2D eigenvalue weighted by Crippen LogP contribution is -2.22. The summed E-state index contributed by atoms with van der Waals surface area (Å²) in [5.41, 5.74) is 1.02. The van der Waals surface area contributed by atoms with E-state index in [4.69, 9.17) is 32.7 Å². The smallest absolute Gasteiger partial charge is 0.255 e. The molecule has 6 nitrogen and oxygen atoms in total. The van der Waals surface area contributed by atoms with E-state index in [-0.39, 0.29) is 10.9 Å². The molecular formula is C21H24Cl2N2O4. The number of benzene rings is 2. The summed E-state index contributed by atoms with van der Waals surface area (Å²) in [5.74, 6) is 0.393. The largest absolute Gasteiger partial charge is 0.493 e. The number of carbonyl (C=O) groups excluding carboxylic acids is 2. The molecule has 0 radical (unpaired) electrons. The number of amides is 2. The van der Waals surface area contributed by atoms with Crippen molar-refractivity contribution < 1.29 is 19.1 Å². The molecule has 0 spiro atoms. The lowest BCUT2D eigenvalue weighted by molar-refractivity contribution is 0.0827. The van der Waals surface area contributed by atoms with Crippen LogP contribution in [0.25, 0.3) is 0 Å². The first-order chi connectivity index (χ1) is 13.6. The van der Waals surface area contributed by atoms with E-state index >= 15 is 0 Å². The molecule has 0 fully saturated rings. The zero-order valence-corrected chi connectivity index (χ0v) is 18.5. The van der Waals surface area contributed by atoms with Gasteiger partial charge in [0, 0.05) is 25.3 Å². The lowest BCUT2D eigenvalue weighted by atomic mass is 10.1. The minimum Gasteiger partial charge on any atom is -0.493 e. The molecule has 0 bridgehead atoms. The lowest BCUT2D eigenvalue weighted by Gasteiger charge is -2.16. The predicted molar refractivity (Wildman–Crippen MR) is 116 cm³/mol. The summed E-state index contributed by atoms with van der Waals surface area (Å²) in [6.45, 7) is 4.50. The van der Waals surface area contributed by atoms with Crippen LogP contribution < -0.4 is 14.8 Å². The van der Waals surface area contributed by atoms with Crippen molar-refractivity contribution in [2.24, 2.45) is 5.92 Å². The summed E-state index contributed by atoms with van der Waals surface area (Å²) in [7, 11) is 4.73. The molecule has 2 aromatic rings. The third-order valence-electron chi connectivity index (χ3n) is 3.91. The van der Waals surface area contributed by atoms with Gasteiger partial charge in [-0.2, -0.15) is 0 Å². The van der Waals surface area contributed by atoms with Crippen molar-refractivity contribution in [3.05, 3.63) is 51.5 Å². The summed E-state index contributed by atoms with van der Waals surface area (Å²) in [4.78, 5) is 26.4. The number of carbonyl (C=O) groups is 2. The van der Waals surface area contributed by atoms with E-state index in [2.05, 4.69) is 5.32 Å². The van der Waals surface area contributed by atoms with Crippen molar-refractivity contribution in [1.29, 1.82) is 0 Å². The summed E-state index contributed by atoms with van der Waals surface area (Å²) < 4.78 is 11.0.